The van der Waals surface area contributed by atoms with Crippen LogP contribution in [0.25, 0.3) is 0 Å². The summed E-state index contributed by atoms with van der Waals surface area (Å²) in [4.78, 5) is 14.5. The van der Waals surface area contributed by atoms with E-state index in [0.717, 1.165) is 11.1 Å². The highest BCUT2D eigenvalue weighted by Crippen LogP contribution is 2.24. The largest absolute Gasteiger partial charge is 0.370 e. The van der Waals surface area contributed by atoms with Gasteiger partial charge in [-0.3, -0.25) is 4.79 Å². The molecule has 2 N–H and O–H groups in total. The minimum Gasteiger partial charge on any atom is -0.370 e. The lowest BCUT2D eigenvalue weighted by molar-refractivity contribution is -0.0228. The van der Waals surface area contributed by atoms with Crippen LogP contribution in [-0.4, -0.2) is 30.5 Å². The van der Waals surface area contributed by atoms with Crippen molar-refractivity contribution in [3.05, 3.63) is 70.2 Å². The van der Waals surface area contributed by atoms with Crippen molar-refractivity contribution in [2.24, 2.45) is 5.73 Å². The number of benzene rings is 2. The van der Waals surface area contributed by atoms with Crippen molar-refractivity contribution in [3.63, 3.8) is 0 Å². The van der Waals surface area contributed by atoms with Gasteiger partial charge in [-0.05, 0) is 35.4 Å². The summed E-state index contributed by atoms with van der Waals surface area (Å²) in [6.45, 7) is 2.14. The van der Waals surface area contributed by atoms with Gasteiger partial charge in [0.05, 0.1) is 13.2 Å². The molecule has 3 rings (SSSR count). The van der Waals surface area contributed by atoms with Crippen molar-refractivity contribution in [2.75, 3.05) is 19.7 Å². The third-order valence-electron chi connectivity index (χ3n) is 4.03. The second-order valence-electron chi connectivity index (χ2n) is 5.56. The van der Waals surface area contributed by atoms with Gasteiger partial charge in [0.15, 0.2) is 0 Å². The summed E-state index contributed by atoms with van der Waals surface area (Å²) in [7, 11) is 0. The number of nitrogens with two attached hydrogens (primary N) is 1. The highest BCUT2D eigenvalue weighted by atomic mass is 35.5. The maximum absolute atomic E-state index is 12.6. The van der Waals surface area contributed by atoms with Gasteiger partial charge in [-0.1, -0.05) is 35.9 Å². The number of halogens is 2. The van der Waals surface area contributed by atoms with E-state index >= 15 is 0 Å². The Hall–Kier alpha value is -1.59. The molecule has 1 aliphatic rings. The van der Waals surface area contributed by atoms with Gasteiger partial charge in [0, 0.05) is 23.7 Å². The summed E-state index contributed by atoms with van der Waals surface area (Å²) in [5.41, 5.74) is 8.32. The molecule has 1 heterocycles. The fourth-order valence-electron chi connectivity index (χ4n) is 2.68. The lowest BCUT2D eigenvalue weighted by Gasteiger charge is -2.33. The van der Waals surface area contributed by atoms with Crippen molar-refractivity contribution < 1.29 is 9.53 Å². The van der Waals surface area contributed by atoms with Crippen molar-refractivity contribution in [1.29, 1.82) is 0 Å². The molecule has 0 aliphatic carbocycles. The van der Waals surface area contributed by atoms with Crippen molar-refractivity contribution in [3.8, 4) is 0 Å². The first kappa shape index (κ1) is 18.7. The summed E-state index contributed by atoms with van der Waals surface area (Å²) in [6.07, 6.45) is -0.117. The molecule has 1 atom stereocenters. The third kappa shape index (κ3) is 4.28. The van der Waals surface area contributed by atoms with Crippen LogP contribution >= 0.6 is 24.0 Å². The van der Waals surface area contributed by atoms with Gasteiger partial charge in [0.2, 0.25) is 0 Å². The van der Waals surface area contributed by atoms with Gasteiger partial charge in [0.25, 0.3) is 5.91 Å². The van der Waals surface area contributed by atoms with Gasteiger partial charge in [0.1, 0.15) is 6.10 Å². The Morgan fingerprint density at radius 2 is 1.83 bits per heavy atom. The number of ether oxygens (including phenoxy) is 1. The molecule has 1 amide bonds. The SMILES string of the molecule is Cl.NCc1ccc(C(=O)N2CCOC(c3ccc(Cl)cc3)C2)cc1. The molecule has 0 spiro atoms. The fourth-order valence-corrected chi connectivity index (χ4v) is 2.80. The topological polar surface area (TPSA) is 55.6 Å². The van der Waals surface area contributed by atoms with Crippen LogP contribution in [0.1, 0.15) is 27.6 Å². The predicted octanol–water partition coefficient (Wildman–Crippen LogP) is 3.43. The summed E-state index contributed by atoms with van der Waals surface area (Å²) >= 11 is 5.92. The molecule has 0 saturated carbocycles. The van der Waals surface area contributed by atoms with Crippen LogP contribution in [0, 0.1) is 0 Å². The second-order valence-corrected chi connectivity index (χ2v) is 6.00. The molecule has 0 aromatic heterocycles. The predicted molar refractivity (Wildman–Crippen MR) is 97.6 cm³/mol. The van der Waals surface area contributed by atoms with E-state index in [1.807, 2.05) is 53.4 Å². The van der Waals surface area contributed by atoms with Crippen LogP contribution in [0.2, 0.25) is 5.02 Å². The number of nitrogens with zero attached hydrogens (tertiary/aromatic N) is 1. The first-order chi connectivity index (χ1) is 11.2. The molecule has 6 heteroatoms. The van der Waals surface area contributed by atoms with E-state index in [0.29, 0.717) is 36.8 Å². The Morgan fingerprint density at radius 3 is 2.46 bits per heavy atom. The summed E-state index contributed by atoms with van der Waals surface area (Å²) in [6, 6.07) is 15.0. The van der Waals surface area contributed by atoms with E-state index in [2.05, 4.69) is 0 Å². The molecule has 4 nitrogen and oxygen atoms in total. The smallest absolute Gasteiger partial charge is 0.254 e. The van der Waals surface area contributed by atoms with E-state index in [1.54, 1.807) is 0 Å². The van der Waals surface area contributed by atoms with Gasteiger partial charge < -0.3 is 15.4 Å². The molecular weight excluding hydrogens is 347 g/mol. The molecule has 1 aliphatic heterocycles. The van der Waals surface area contributed by atoms with Crippen LogP contribution in [0.3, 0.4) is 0 Å². The quantitative estimate of drug-likeness (QED) is 0.904. The zero-order valence-electron chi connectivity index (χ0n) is 13.2. The molecule has 0 bridgehead atoms. The maximum atomic E-state index is 12.6. The second kappa shape index (κ2) is 8.49. The standard InChI is InChI=1S/C18H19ClN2O2.ClH/c19-16-7-5-14(6-8-16)17-12-21(9-10-23-17)18(22)15-3-1-13(11-20)2-4-15;/h1-8,17H,9-12,20H2;1H. The Labute approximate surface area is 153 Å². The molecular formula is C18H20Cl2N2O2. The van der Waals surface area contributed by atoms with Crippen molar-refractivity contribution in [1.82, 2.24) is 4.90 Å². The highest BCUT2D eigenvalue weighted by molar-refractivity contribution is 6.30. The van der Waals surface area contributed by atoms with Crippen molar-refractivity contribution in [2.45, 2.75) is 12.6 Å². The Morgan fingerprint density at radius 1 is 1.17 bits per heavy atom. The number of rotatable bonds is 3. The molecule has 24 heavy (non-hydrogen) atoms. The normalized spacial score (nSPS) is 17.2. The van der Waals surface area contributed by atoms with Gasteiger partial charge in [-0.2, -0.15) is 0 Å². The first-order valence-electron chi connectivity index (χ1n) is 7.63. The van der Waals surface area contributed by atoms with Crippen molar-refractivity contribution >= 4 is 29.9 Å². The van der Waals surface area contributed by atoms with Crippen LogP contribution in [-0.2, 0) is 11.3 Å². The summed E-state index contributed by atoms with van der Waals surface area (Å²) in [5, 5.41) is 0.692. The molecule has 1 unspecified atom stereocenters. The minimum absolute atomic E-state index is 0. The minimum atomic E-state index is -0.117. The van der Waals surface area contributed by atoms with E-state index in [-0.39, 0.29) is 24.4 Å². The Kier molecular flexibility index (Phi) is 6.63. The molecule has 128 valence electrons. The first-order valence-corrected chi connectivity index (χ1v) is 8.00. The summed E-state index contributed by atoms with van der Waals surface area (Å²) < 4.78 is 5.80. The van der Waals surface area contributed by atoms with Gasteiger partial charge in [-0.15, -0.1) is 12.4 Å². The average Bonchev–Trinajstić information content (AvgIpc) is 2.62. The zero-order valence-corrected chi connectivity index (χ0v) is 14.7. The number of amides is 1. The number of morpholine rings is 1. The lowest BCUT2D eigenvalue weighted by atomic mass is 10.1. The Bertz CT molecular complexity index is 674. The third-order valence-corrected chi connectivity index (χ3v) is 4.28. The Balaban J connectivity index is 0.00000208. The monoisotopic (exact) mass is 366 g/mol. The average molecular weight is 367 g/mol. The van der Waals surface area contributed by atoms with E-state index < -0.39 is 0 Å². The fraction of sp³-hybridized carbons (Fsp3) is 0.278. The molecule has 1 saturated heterocycles. The van der Waals surface area contributed by atoms with E-state index in [4.69, 9.17) is 22.1 Å². The molecule has 2 aromatic carbocycles. The maximum Gasteiger partial charge on any atom is 0.254 e. The summed E-state index contributed by atoms with van der Waals surface area (Å²) in [5.74, 6) is 0.0239. The number of hydrogen-bond donors (Lipinski definition) is 1. The van der Waals surface area contributed by atoms with Crippen LogP contribution in [0.4, 0.5) is 0 Å². The van der Waals surface area contributed by atoms with Crippen LogP contribution in [0.5, 0.6) is 0 Å². The zero-order chi connectivity index (χ0) is 16.2. The molecule has 2 aromatic rings. The highest BCUT2D eigenvalue weighted by Gasteiger charge is 2.26. The van der Waals surface area contributed by atoms with E-state index in [1.165, 1.54) is 0 Å². The number of hydrogen-bond acceptors (Lipinski definition) is 3. The lowest BCUT2D eigenvalue weighted by Crippen LogP contribution is -2.42. The molecule has 0 radical (unpaired) electrons. The van der Waals surface area contributed by atoms with E-state index in [9.17, 15) is 4.79 Å². The number of carbonyl (C=O) groups excluding carboxylic acids is 1. The van der Waals surface area contributed by atoms with Crippen LogP contribution in [0.15, 0.2) is 48.5 Å². The van der Waals surface area contributed by atoms with Gasteiger partial charge in [-0.25, -0.2) is 0 Å². The number of carbonyl (C=O) groups is 1. The van der Waals surface area contributed by atoms with Crippen LogP contribution < -0.4 is 5.73 Å². The molecule has 1 fully saturated rings. The van der Waals surface area contributed by atoms with Gasteiger partial charge >= 0.3 is 0 Å².